The largest absolute Gasteiger partial charge is 0.342 e. The predicted molar refractivity (Wildman–Crippen MR) is 104 cm³/mol. The van der Waals surface area contributed by atoms with E-state index in [0.717, 1.165) is 18.4 Å². The van der Waals surface area contributed by atoms with Gasteiger partial charge in [0.1, 0.15) is 11.6 Å². The normalized spacial score (nSPS) is 14.7. The molecule has 1 aliphatic rings. The van der Waals surface area contributed by atoms with Crippen LogP contribution in [0.5, 0.6) is 0 Å². The van der Waals surface area contributed by atoms with Crippen molar-refractivity contribution in [1.29, 1.82) is 0 Å². The van der Waals surface area contributed by atoms with E-state index in [2.05, 4.69) is 15.4 Å². The fourth-order valence-corrected chi connectivity index (χ4v) is 3.59. The van der Waals surface area contributed by atoms with Gasteiger partial charge >= 0.3 is 0 Å². The van der Waals surface area contributed by atoms with Crippen molar-refractivity contribution in [3.63, 3.8) is 0 Å². The number of amides is 1. The molecule has 4 aromatic rings. The first-order valence-electron chi connectivity index (χ1n) is 9.22. The van der Waals surface area contributed by atoms with Crippen LogP contribution in [0.2, 0.25) is 0 Å². The van der Waals surface area contributed by atoms with Crippen LogP contribution in [0.1, 0.15) is 28.8 Å². The van der Waals surface area contributed by atoms with E-state index in [1.807, 2.05) is 6.07 Å². The molecule has 1 aliphatic carbocycles. The summed E-state index contributed by atoms with van der Waals surface area (Å²) in [5.41, 5.74) is 1.90. The number of aromatic nitrogens is 3. The molecule has 0 bridgehead atoms. The molecule has 1 N–H and O–H groups in total. The zero-order valence-electron chi connectivity index (χ0n) is 15.3. The van der Waals surface area contributed by atoms with Gasteiger partial charge in [-0.1, -0.05) is 12.1 Å². The van der Waals surface area contributed by atoms with Gasteiger partial charge in [0.05, 0.1) is 34.7 Å². The van der Waals surface area contributed by atoms with Gasteiger partial charge < -0.3 is 5.32 Å². The molecule has 2 heterocycles. The third-order valence-electron chi connectivity index (χ3n) is 5.29. The van der Waals surface area contributed by atoms with Crippen molar-refractivity contribution in [1.82, 2.24) is 20.1 Å². The first kappa shape index (κ1) is 17.5. The molecule has 1 saturated carbocycles. The number of benzene rings is 2. The molecule has 0 unspecified atom stereocenters. The van der Waals surface area contributed by atoms with Crippen LogP contribution in [0.25, 0.3) is 16.6 Å². The molecule has 0 saturated heterocycles. The Balaban J connectivity index is 1.49. The lowest BCUT2D eigenvalue weighted by molar-refractivity contribution is 0.0932. The van der Waals surface area contributed by atoms with Crippen molar-refractivity contribution < 1.29 is 13.6 Å². The number of pyridine rings is 1. The fourth-order valence-electron chi connectivity index (χ4n) is 3.59. The molecule has 0 atom stereocenters. The van der Waals surface area contributed by atoms with Crippen LogP contribution in [0.3, 0.4) is 0 Å². The van der Waals surface area contributed by atoms with Crippen LogP contribution in [-0.4, -0.2) is 20.7 Å². The van der Waals surface area contributed by atoms with Gasteiger partial charge in [-0.05, 0) is 54.8 Å². The third kappa shape index (κ3) is 3.04. The monoisotopic (exact) mass is 390 g/mol. The summed E-state index contributed by atoms with van der Waals surface area (Å²) in [6.45, 7) is 0. The minimum absolute atomic E-state index is 0.288. The Morgan fingerprint density at radius 3 is 2.52 bits per heavy atom. The van der Waals surface area contributed by atoms with Crippen molar-refractivity contribution >= 4 is 16.8 Å². The molecule has 144 valence electrons. The Morgan fingerprint density at radius 1 is 1.00 bits per heavy atom. The number of hydrogen-bond donors (Lipinski definition) is 1. The summed E-state index contributed by atoms with van der Waals surface area (Å²) in [7, 11) is 0. The van der Waals surface area contributed by atoms with Gasteiger partial charge in [0, 0.05) is 11.6 Å². The highest BCUT2D eigenvalue weighted by atomic mass is 19.1. The Morgan fingerprint density at radius 2 is 1.79 bits per heavy atom. The smallest absolute Gasteiger partial charge is 0.254 e. The van der Waals surface area contributed by atoms with Crippen molar-refractivity contribution in [2.45, 2.75) is 18.4 Å². The van der Waals surface area contributed by atoms with Crippen LogP contribution in [-0.2, 0) is 5.54 Å². The van der Waals surface area contributed by atoms with Gasteiger partial charge in [0.2, 0.25) is 0 Å². The zero-order chi connectivity index (χ0) is 20.0. The molecule has 0 spiro atoms. The highest BCUT2D eigenvalue weighted by molar-refractivity contribution is 6.06. The Bertz CT molecular complexity index is 1230. The lowest BCUT2D eigenvalue weighted by Crippen LogP contribution is -2.35. The minimum atomic E-state index is -0.547. The summed E-state index contributed by atoms with van der Waals surface area (Å²) >= 11 is 0. The Hall–Kier alpha value is -3.61. The third-order valence-corrected chi connectivity index (χ3v) is 5.29. The summed E-state index contributed by atoms with van der Waals surface area (Å²) in [6.07, 6.45) is 6.20. The Kier molecular flexibility index (Phi) is 3.91. The van der Waals surface area contributed by atoms with Crippen LogP contribution >= 0.6 is 0 Å². The van der Waals surface area contributed by atoms with Gasteiger partial charge in [-0.2, -0.15) is 5.10 Å². The SMILES string of the molecule is O=C(NC1(c2cccc(F)c2)CC1)c1cncc2c1cnn2-c1ccc(F)cc1. The quantitative estimate of drug-likeness (QED) is 0.570. The van der Waals surface area contributed by atoms with Crippen LogP contribution in [0.15, 0.2) is 67.1 Å². The number of carbonyl (C=O) groups is 1. The van der Waals surface area contributed by atoms with E-state index in [-0.39, 0.29) is 17.5 Å². The second-order valence-electron chi connectivity index (χ2n) is 7.20. The zero-order valence-corrected chi connectivity index (χ0v) is 15.3. The van der Waals surface area contributed by atoms with Gasteiger partial charge in [-0.15, -0.1) is 0 Å². The highest BCUT2D eigenvalue weighted by Gasteiger charge is 2.46. The standard InChI is InChI=1S/C22H16F2N4O/c23-15-4-6-17(7-5-15)28-20-13-25-11-19(18(20)12-26-28)21(29)27-22(8-9-22)14-2-1-3-16(24)10-14/h1-7,10-13H,8-9H2,(H,27,29). The molecule has 0 aliphatic heterocycles. The fraction of sp³-hybridized carbons (Fsp3) is 0.136. The number of carbonyl (C=O) groups excluding carboxylic acids is 1. The Labute approximate surface area is 165 Å². The van der Waals surface area contributed by atoms with E-state index in [1.54, 1.807) is 35.3 Å². The average molecular weight is 390 g/mol. The van der Waals surface area contributed by atoms with Gasteiger partial charge in [0.25, 0.3) is 5.91 Å². The van der Waals surface area contributed by atoms with Gasteiger partial charge in [0.15, 0.2) is 0 Å². The van der Waals surface area contributed by atoms with Gasteiger partial charge in [-0.25, -0.2) is 13.5 Å². The summed E-state index contributed by atoms with van der Waals surface area (Å²) in [5.74, 6) is -0.952. The molecule has 5 nitrogen and oxygen atoms in total. The van der Waals surface area contributed by atoms with Gasteiger partial charge in [-0.3, -0.25) is 9.78 Å². The number of hydrogen-bond acceptors (Lipinski definition) is 3. The van der Waals surface area contributed by atoms with Crippen LogP contribution in [0, 0.1) is 11.6 Å². The van der Waals surface area contributed by atoms with Crippen LogP contribution < -0.4 is 5.32 Å². The molecule has 29 heavy (non-hydrogen) atoms. The maximum atomic E-state index is 13.6. The van der Waals surface area contributed by atoms with E-state index in [9.17, 15) is 13.6 Å². The topological polar surface area (TPSA) is 59.8 Å². The lowest BCUT2D eigenvalue weighted by Gasteiger charge is -2.18. The van der Waals surface area contributed by atoms with Crippen molar-refractivity contribution in [2.75, 3.05) is 0 Å². The first-order chi connectivity index (χ1) is 14.1. The number of halogens is 2. The maximum absolute atomic E-state index is 13.6. The summed E-state index contributed by atoms with van der Waals surface area (Å²) < 4.78 is 28.5. The predicted octanol–water partition coefficient (Wildman–Crippen LogP) is 4.12. The molecule has 1 amide bonds. The van der Waals surface area contributed by atoms with Crippen LogP contribution in [0.4, 0.5) is 8.78 Å². The van der Waals surface area contributed by atoms with E-state index >= 15 is 0 Å². The van der Waals surface area contributed by atoms with Crippen molar-refractivity contribution in [2.24, 2.45) is 0 Å². The summed E-state index contributed by atoms with van der Waals surface area (Å²) in [4.78, 5) is 17.2. The van der Waals surface area contributed by atoms with E-state index in [1.165, 1.54) is 30.5 Å². The molecule has 1 fully saturated rings. The minimum Gasteiger partial charge on any atom is -0.342 e. The van der Waals surface area contributed by atoms with E-state index in [0.29, 0.717) is 22.2 Å². The molecule has 5 rings (SSSR count). The molecule has 2 aromatic carbocycles. The number of nitrogens with one attached hydrogen (secondary N) is 1. The molecular weight excluding hydrogens is 374 g/mol. The maximum Gasteiger partial charge on any atom is 0.254 e. The van der Waals surface area contributed by atoms with E-state index in [4.69, 9.17) is 0 Å². The average Bonchev–Trinajstić information content (AvgIpc) is 3.38. The number of fused-ring (bicyclic) bond motifs is 1. The number of rotatable bonds is 4. The second-order valence-corrected chi connectivity index (χ2v) is 7.20. The molecular formula is C22H16F2N4O. The number of nitrogens with zero attached hydrogens (tertiary/aromatic N) is 3. The van der Waals surface area contributed by atoms with Crippen molar-refractivity contribution in [3.8, 4) is 5.69 Å². The summed E-state index contributed by atoms with van der Waals surface area (Å²) in [6, 6.07) is 12.2. The lowest BCUT2D eigenvalue weighted by atomic mass is 10.0. The molecule has 0 radical (unpaired) electrons. The summed E-state index contributed by atoms with van der Waals surface area (Å²) in [5, 5.41) is 8.02. The molecule has 7 heteroatoms. The highest BCUT2D eigenvalue weighted by Crippen LogP contribution is 2.45. The van der Waals surface area contributed by atoms with Crippen molar-refractivity contribution in [3.05, 3.63) is 89.9 Å². The van der Waals surface area contributed by atoms with E-state index < -0.39 is 5.54 Å². The second kappa shape index (κ2) is 6.48. The first-order valence-corrected chi connectivity index (χ1v) is 9.22. The molecule has 2 aromatic heterocycles.